The van der Waals surface area contributed by atoms with Gasteiger partial charge in [0.2, 0.25) is 11.8 Å². The van der Waals surface area contributed by atoms with E-state index in [4.69, 9.17) is 4.74 Å². The van der Waals surface area contributed by atoms with Gasteiger partial charge < -0.3 is 25.6 Å². The number of carbonyl (C=O) groups excluding carboxylic acids is 5. The van der Waals surface area contributed by atoms with Crippen molar-refractivity contribution < 1.29 is 28.7 Å². The molecule has 2 rings (SSSR count). The van der Waals surface area contributed by atoms with Gasteiger partial charge in [-0.15, -0.1) is 11.3 Å². The number of amides is 4. The van der Waals surface area contributed by atoms with Gasteiger partial charge in [0.15, 0.2) is 6.10 Å². The molecule has 11 nitrogen and oxygen atoms in total. The van der Waals surface area contributed by atoms with Crippen LogP contribution in [0.5, 0.6) is 0 Å². The van der Waals surface area contributed by atoms with Gasteiger partial charge >= 0.3 is 5.97 Å². The molecule has 4 amide bonds. The van der Waals surface area contributed by atoms with E-state index in [1.165, 1.54) is 16.2 Å². The molecule has 0 saturated carbocycles. The molecule has 12 heteroatoms. The van der Waals surface area contributed by atoms with E-state index in [9.17, 15) is 24.0 Å². The number of nitrogens with one attached hydrogen (secondary N) is 3. The highest BCUT2D eigenvalue weighted by Gasteiger charge is 2.39. The largest absolute Gasteiger partial charge is 0.452 e. The van der Waals surface area contributed by atoms with Crippen molar-refractivity contribution in [3.05, 3.63) is 16.1 Å². The van der Waals surface area contributed by atoms with Gasteiger partial charge in [-0.2, -0.15) is 0 Å². The molecule has 0 aliphatic carbocycles. The quantitative estimate of drug-likeness (QED) is 0.420. The number of nitrogens with zero attached hydrogens (tertiary/aromatic N) is 2. The molecule has 0 unspecified atom stereocenters. The number of hydrogen-bond donors (Lipinski definition) is 3. The van der Waals surface area contributed by atoms with E-state index in [0.717, 1.165) is 0 Å². The van der Waals surface area contributed by atoms with Crippen LogP contribution in [0.15, 0.2) is 5.38 Å². The van der Waals surface area contributed by atoms with E-state index in [0.29, 0.717) is 24.3 Å². The van der Waals surface area contributed by atoms with Crippen LogP contribution in [-0.2, 0) is 23.9 Å². The summed E-state index contributed by atoms with van der Waals surface area (Å²) in [6.07, 6.45) is 0.620. The first-order valence-electron chi connectivity index (χ1n) is 15.0. The molecule has 3 N–H and O–H groups in total. The van der Waals surface area contributed by atoms with Gasteiger partial charge in [0.05, 0.1) is 12.0 Å². The zero-order valence-corrected chi connectivity index (χ0v) is 27.5. The molecule has 2 heterocycles. The summed E-state index contributed by atoms with van der Waals surface area (Å²) in [4.78, 5) is 73.3. The molecule has 1 aromatic heterocycles. The second-order valence-corrected chi connectivity index (χ2v) is 13.0. The summed E-state index contributed by atoms with van der Waals surface area (Å²) in [5.41, 5.74) is 0.181. The van der Waals surface area contributed by atoms with E-state index in [1.54, 1.807) is 33.2 Å². The van der Waals surface area contributed by atoms with Crippen LogP contribution in [-0.4, -0.2) is 70.8 Å². The highest BCUT2D eigenvalue weighted by atomic mass is 32.1. The zero-order chi connectivity index (χ0) is 31.9. The van der Waals surface area contributed by atoms with Crippen LogP contribution in [0.4, 0.5) is 0 Å². The van der Waals surface area contributed by atoms with Crippen molar-refractivity contribution in [1.29, 1.82) is 0 Å². The summed E-state index contributed by atoms with van der Waals surface area (Å²) in [7, 11) is 1.55. The van der Waals surface area contributed by atoms with Gasteiger partial charge in [0.1, 0.15) is 22.8 Å². The lowest BCUT2D eigenvalue weighted by atomic mass is 9.95. The average molecular weight is 608 g/mol. The predicted octanol–water partition coefficient (Wildman–Crippen LogP) is 3.45. The molecule has 0 fully saturated rings. The second kappa shape index (κ2) is 15.5. The molecular formula is C30H49N5O6S. The van der Waals surface area contributed by atoms with Crippen molar-refractivity contribution in [2.75, 3.05) is 7.05 Å². The van der Waals surface area contributed by atoms with E-state index < -0.39 is 59.9 Å². The highest BCUT2D eigenvalue weighted by molar-refractivity contribution is 7.09. The molecule has 1 aromatic rings. The lowest BCUT2D eigenvalue weighted by molar-refractivity contribution is -0.164. The van der Waals surface area contributed by atoms with Crippen LogP contribution >= 0.6 is 11.3 Å². The highest BCUT2D eigenvalue weighted by Crippen LogP contribution is 2.23. The molecule has 0 saturated heterocycles. The zero-order valence-electron chi connectivity index (χ0n) is 26.6. The SMILES string of the molecule is CCC[C@H]1NC(=O)c2csc(n2)[C@H](C)NC(=O)[C@H](C(C)C)N(C)C(=O)[C@H](C(C)C)NC(=O)[C@H]([C@@H](C)CC)OC(=O)[C@H]1C. The summed E-state index contributed by atoms with van der Waals surface area (Å²) >= 11 is 1.24. The van der Waals surface area contributed by atoms with E-state index in [-0.39, 0.29) is 29.4 Å². The number of carbonyl (C=O) groups is 5. The van der Waals surface area contributed by atoms with E-state index in [2.05, 4.69) is 20.9 Å². The number of hydrogen-bond acceptors (Lipinski definition) is 8. The fourth-order valence-electron chi connectivity index (χ4n) is 5.02. The third-order valence-corrected chi connectivity index (χ3v) is 8.96. The molecule has 7 atom stereocenters. The lowest BCUT2D eigenvalue weighted by Crippen LogP contribution is -2.59. The third-order valence-electron chi connectivity index (χ3n) is 7.93. The summed E-state index contributed by atoms with van der Waals surface area (Å²) in [6.45, 7) is 16.4. The topological polar surface area (TPSA) is 147 Å². The predicted molar refractivity (Wildman–Crippen MR) is 161 cm³/mol. The molecule has 1 aliphatic rings. The fourth-order valence-corrected chi connectivity index (χ4v) is 5.83. The number of esters is 1. The van der Waals surface area contributed by atoms with Crippen LogP contribution in [0, 0.1) is 23.7 Å². The van der Waals surface area contributed by atoms with Crippen LogP contribution in [0.1, 0.15) is 103 Å². The van der Waals surface area contributed by atoms with Crippen molar-refractivity contribution >= 4 is 40.9 Å². The lowest BCUT2D eigenvalue weighted by Gasteiger charge is -2.35. The van der Waals surface area contributed by atoms with E-state index >= 15 is 0 Å². The Morgan fingerprint density at radius 1 is 0.952 bits per heavy atom. The van der Waals surface area contributed by atoms with E-state index in [1.807, 2.05) is 41.5 Å². The third kappa shape index (κ3) is 8.52. The Kier molecular flexibility index (Phi) is 12.9. The number of rotatable bonds is 6. The Balaban J connectivity index is 2.60. The second-order valence-electron chi connectivity index (χ2n) is 12.1. The van der Waals surface area contributed by atoms with Gasteiger partial charge in [0.25, 0.3) is 11.8 Å². The molecule has 0 spiro atoms. The van der Waals surface area contributed by atoms with Crippen molar-refractivity contribution in [2.24, 2.45) is 23.7 Å². The molecular weight excluding hydrogens is 558 g/mol. The first kappa shape index (κ1) is 35.2. The number of fused-ring (bicyclic) bond motifs is 2. The smallest absolute Gasteiger partial charge is 0.311 e. The Bertz CT molecular complexity index is 1120. The standard InChI is InChI=1S/C30H49N5O6S/c1-11-13-20-18(8)30(40)41-24(17(7)12-2)27(38)34-22(15(3)4)29(39)35(10)23(16(5)6)26(37)31-19(9)28-33-21(14-42-28)25(36)32-20/h14-20,22-24H,11-13H2,1-10H3,(H,31,37)(H,32,36)(H,34,38)/t17-,18-,19-,20+,22-,23-,24-/m0/s1. The number of thiazole rings is 1. The van der Waals surface area contributed by atoms with Gasteiger partial charge in [-0.1, -0.05) is 54.9 Å². The average Bonchev–Trinajstić information content (AvgIpc) is 3.43. The minimum absolute atomic E-state index is 0.181. The first-order chi connectivity index (χ1) is 19.6. The summed E-state index contributed by atoms with van der Waals surface area (Å²) in [5.74, 6) is -4.05. The van der Waals surface area contributed by atoms with Crippen LogP contribution < -0.4 is 16.0 Å². The molecule has 0 aromatic carbocycles. The fraction of sp³-hybridized carbons (Fsp3) is 0.733. The van der Waals surface area contributed by atoms with Crippen LogP contribution in [0.3, 0.4) is 0 Å². The summed E-state index contributed by atoms with van der Waals surface area (Å²) in [5, 5.41) is 10.8. The van der Waals surface area contributed by atoms with Gasteiger partial charge in [-0.3, -0.25) is 24.0 Å². The molecule has 1 aliphatic heterocycles. The Morgan fingerprint density at radius 3 is 2.14 bits per heavy atom. The molecule has 42 heavy (non-hydrogen) atoms. The monoisotopic (exact) mass is 607 g/mol. The number of cyclic esters (lactones) is 1. The van der Waals surface area contributed by atoms with Gasteiger partial charge in [0, 0.05) is 24.4 Å². The summed E-state index contributed by atoms with van der Waals surface area (Å²) < 4.78 is 5.81. The van der Waals surface area contributed by atoms with Gasteiger partial charge in [-0.25, -0.2) is 4.98 Å². The Labute approximate surface area is 253 Å². The number of ether oxygens (including phenoxy) is 1. The maximum Gasteiger partial charge on any atom is 0.311 e. The van der Waals surface area contributed by atoms with Crippen molar-refractivity contribution in [1.82, 2.24) is 25.8 Å². The van der Waals surface area contributed by atoms with Crippen LogP contribution in [0.2, 0.25) is 0 Å². The minimum Gasteiger partial charge on any atom is -0.452 e. The normalized spacial score (nSPS) is 27.9. The molecule has 2 bridgehead atoms. The van der Waals surface area contributed by atoms with Crippen molar-refractivity contribution in [3.63, 3.8) is 0 Å². The maximum atomic E-state index is 13.8. The van der Waals surface area contributed by atoms with Crippen molar-refractivity contribution in [3.8, 4) is 0 Å². The number of likely N-dealkylation sites (N-methyl/N-ethyl adjacent to an activating group) is 1. The van der Waals surface area contributed by atoms with Crippen LogP contribution in [0.25, 0.3) is 0 Å². The molecule has 236 valence electrons. The first-order valence-corrected chi connectivity index (χ1v) is 15.9. The summed E-state index contributed by atoms with van der Waals surface area (Å²) in [6, 6.07) is -2.85. The Morgan fingerprint density at radius 2 is 1.60 bits per heavy atom. The number of aromatic nitrogens is 1. The Hall–Kier alpha value is -3.02. The minimum atomic E-state index is -1.14. The maximum absolute atomic E-state index is 13.8. The van der Waals surface area contributed by atoms with Crippen molar-refractivity contribution in [2.45, 2.75) is 112 Å². The molecule has 0 radical (unpaired) electrons. The van der Waals surface area contributed by atoms with Gasteiger partial charge in [-0.05, 0) is 38.5 Å².